The van der Waals surface area contributed by atoms with Crippen LogP contribution >= 0.6 is 0 Å². The van der Waals surface area contributed by atoms with Crippen molar-refractivity contribution >= 4 is 5.71 Å². The van der Waals surface area contributed by atoms with Crippen LogP contribution in [0.5, 0.6) is 0 Å². The van der Waals surface area contributed by atoms with E-state index in [1.54, 1.807) is 0 Å². The van der Waals surface area contributed by atoms with Crippen molar-refractivity contribution in [2.24, 2.45) is 5.16 Å². The monoisotopic (exact) mass is 198 g/mol. The number of hydrogen-bond donors (Lipinski definition) is 1. The predicted octanol–water partition coefficient (Wildman–Crippen LogP) is 1.09. The second kappa shape index (κ2) is 4.28. The van der Waals surface area contributed by atoms with Crippen molar-refractivity contribution in [2.45, 2.75) is 38.3 Å². The Bertz CT molecular complexity index is 214. The Labute approximate surface area is 84.5 Å². The topological polar surface area (TPSA) is 45.1 Å². The minimum absolute atomic E-state index is 0.438. The Morgan fingerprint density at radius 3 is 2.57 bits per heavy atom. The fraction of sp³-hybridized carbons (Fsp3) is 0.900. The van der Waals surface area contributed by atoms with Crippen molar-refractivity contribution in [3.8, 4) is 0 Å². The molecule has 2 atom stereocenters. The molecule has 0 spiro atoms. The van der Waals surface area contributed by atoms with Gasteiger partial charge in [0.05, 0.1) is 18.9 Å². The molecule has 0 aromatic carbocycles. The predicted molar refractivity (Wildman–Crippen MR) is 53.8 cm³/mol. The molecule has 2 heterocycles. The molecule has 1 N–H and O–H groups in total. The molecule has 2 aliphatic rings. The van der Waals surface area contributed by atoms with Crippen LogP contribution in [0.2, 0.25) is 0 Å². The van der Waals surface area contributed by atoms with Crippen LogP contribution < -0.4 is 0 Å². The third-order valence-corrected chi connectivity index (χ3v) is 3.12. The van der Waals surface area contributed by atoms with Gasteiger partial charge in [0, 0.05) is 24.9 Å². The largest absolute Gasteiger partial charge is 0.411 e. The van der Waals surface area contributed by atoms with E-state index in [0.29, 0.717) is 12.1 Å². The van der Waals surface area contributed by atoms with E-state index in [1.165, 1.54) is 6.42 Å². The third kappa shape index (κ3) is 1.77. The van der Waals surface area contributed by atoms with Crippen LogP contribution in [0.3, 0.4) is 0 Å². The molecule has 0 saturated carbocycles. The molecule has 80 valence electrons. The maximum Gasteiger partial charge on any atom is 0.0626 e. The van der Waals surface area contributed by atoms with Gasteiger partial charge in [0.2, 0.25) is 0 Å². The molecule has 4 heteroatoms. The van der Waals surface area contributed by atoms with Crippen molar-refractivity contribution in [1.29, 1.82) is 0 Å². The van der Waals surface area contributed by atoms with Gasteiger partial charge in [-0.25, -0.2) is 0 Å². The maximum atomic E-state index is 8.79. The summed E-state index contributed by atoms with van der Waals surface area (Å²) in [5, 5.41) is 12.1. The summed E-state index contributed by atoms with van der Waals surface area (Å²) >= 11 is 0. The first-order chi connectivity index (χ1) is 6.85. The van der Waals surface area contributed by atoms with Gasteiger partial charge < -0.3 is 9.94 Å². The fourth-order valence-corrected chi connectivity index (χ4v) is 2.51. The highest BCUT2D eigenvalue weighted by Gasteiger charge is 2.36. The van der Waals surface area contributed by atoms with E-state index >= 15 is 0 Å². The van der Waals surface area contributed by atoms with Crippen LogP contribution in [-0.2, 0) is 4.74 Å². The zero-order chi connectivity index (χ0) is 9.97. The minimum atomic E-state index is 0.438. The molecule has 2 unspecified atom stereocenters. The molecule has 14 heavy (non-hydrogen) atoms. The Kier molecular flexibility index (Phi) is 3.03. The van der Waals surface area contributed by atoms with E-state index in [4.69, 9.17) is 9.94 Å². The van der Waals surface area contributed by atoms with E-state index < -0.39 is 0 Å². The van der Waals surface area contributed by atoms with Crippen LogP contribution in [0.25, 0.3) is 0 Å². The lowest BCUT2D eigenvalue weighted by atomic mass is 9.92. The average molecular weight is 198 g/mol. The molecule has 0 radical (unpaired) electrons. The molecule has 0 aromatic heterocycles. The first kappa shape index (κ1) is 9.93. The van der Waals surface area contributed by atoms with E-state index in [9.17, 15) is 0 Å². The van der Waals surface area contributed by atoms with E-state index in [1.807, 2.05) is 0 Å². The van der Waals surface area contributed by atoms with Gasteiger partial charge in [-0.15, -0.1) is 0 Å². The lowest BCUT2D eigenvalue weighted by Gasteiger charge is -2.45. The van der Waals surface area contributed by atoms with Crippen molar-refractivity contribution in [3.63, 3.8) is 0 Å². The molecule has 0 aromatic rings. The number of oxime groups is 1. The van der Waals surface area contributed by atoms with Crippen molar-refractivity contribution < 1.29 is 9.94 Å². The minimum Gasteiger partial charge on any atom is -0.411 e. The number of hydrogen-bond acceptors (Lipinski definition) is 4. The number of morpholine rings is 1. The highest BCUT2D eigenvalue weighted by Crippen LogP contribution is 2.25. The van der Waals surface area contributed by atoms with Crippen molar-refractivity contribution in [2.75, 3.05) is 19.8 Å². The standard InChI is InChI=1S/C10H18N2O2/c1-2-3-12-9-4-8(11-13)5-10(12)7-14-6-9/h9-10,13H,2-7H2,1H3. The third-order valence-electron chi connectivity index (χ3n) is 3.12. The lowest BCUT2D eigenvalue weighted by molar-refractivity contribution is -0.0528. The lowest BCUT2D eigenvalue weighted by Crippen LogP contribution is -2.57. The Morgan fingerprint density at radius 1 is 1.43 bits per heavy atom. The summed E-state index contributed by atoms with van der Waals surface area (Å²) in [7, 11) is 0. The van der Waals surface area contributed by atoms with Gasteiger partial charge in [-0.3, -0.25) is 4.90 Å². The SMILES string of the molecule is CCCN1C2COCC1CC(=NO)C2. The Morgan fingerprint density at radius 2 is 2.07 bits per heavy atom. The van der Waals surface area contributed by atoms with Gasteiger partial charge in [-0.2, -0.15) is 0 Å². The Balaban J connectivity index is 2.07. The Hall–Kier alpha value is -0.610. The van der Waals surface area contributed by atoms with Gasteiger partial charge in [0.1, 0.15) is 0 Å². The first-order valence-electron chi connectivity index (χ1n) is 5.38. The molecule has 2 saturated heterocycles. The summed E-state index contributed by atoms with van der Waals surface area (Å²) in [5.41, 5.74) is 0.940. The molecule has 2 rings (SSSR count). The highest BCUT2D eigenvalue weighted by atomic mass is 16.5. The second-order valence-electron chi connectivity index (χ2n) is 4.16. The highest BCUT2D eigenvalue weighted by molar-refractivity contribution is 5.85. The summed E-state index contributed by atoms with van der Waals surface area (Å²) in [6.07, 6.45) is 2.92. The number of nitrogens with zero attached hydrogens (tertiary/aromatic N) is 2. The van der Waals surface area contributed by atoms with E-state index in [0.717, 1.165) is 38.3 Å². The van der Waals surface area contributed by atoms with Crippen LogP contribution in [0.4, 0.5) is 0 Å². The van der Waals surface area contributed by atoms with Crippen molar-refractivity contribution in [1.82, 2.24) is 4.90 Å². The summed E-state index contributed by atoms with van der Waals surface area (Å²) < 4.78 is 5.53. The van der Waals surface area contributed by atoms with Crippen LogP contribution in [0.15, 0.2) is 5.16 Å². The van der Waals surface area contributed by atoms with Crippen LogP contribution in [0, 0.1) is 0 Å². The number of fused-ring (bicyclic) bond motifs is 2. The van der Waals surface area contributed by atoms with Crippen LogP contribution in [-0.4, -0.2) is 47.7 Å². The molecular formula is C10H18N2O2. The van der Waals surface area contributed by atoms with E-state index in [-0.39, 0.29) is 0 Å². The molecule has 2 bridgehead atoms. The zero-order valence-electron chi connectivity index (χ0n) is 8.65. The number of piperidine rings is 1. The van der Waals surface area contributed by atoms with Gasteiger partial charge in [-0.1, -0.05) is 12.1 Å². The van der Waals surface area contributed by atoms with Crippen LogP contribution in [0.1, 0.15) is 26.2 Å². The van der Waals surface area contributed by atoms with Gasteiger partial charge in [-0.05, 0) is 13.0 Å². The summed E-state index contributed by atoms with van der Waals surface area (Å²) in [5.74, 6) is 0. The number of ether oxygens (including phenoxy) is 1. The first-order valence-corrected chi connectivity index (χ1v) is 5.38. The number of rotatable bonds is 2. The molecule has 2 fully saturated rings. The smallest absolute Gasteiger partial charge is 0.0626 e. The summed E-state index contributed by atoms with van der Waals surface area (Å²) in [6, 6.07) is 0.877. The molecule has 4 nitrogen and oxygen atoms in total. The summed E-state index contributed by atoms with van der Waals surface area (Å²) in [6.45, 7) is 4.91. The fourth-order valence-electron chi connectivity index (χ4n) is 2.51. The maximum absolute atomic E-state index is 8.79. The average Bonchev–Trinajstić information content (AvgIpc) is 2.17. The molecule has 2 aliphatic heterocycles. The van der Waals surface area contributed by atoms with Gasteiger partial charge >= 0.3 is 0 Å². The molecular weight excluding hydrogens is 180 g/mol. The van der Waals surface area contributed by atoms with Gasteiger partial charge in [0.25, 0.3) is 0 Å². The second-order valence-corrected chi connectivity index (χ2v) is 4.16. The van der Waals surface area contributed by atoms with E-state index in [2.05, 4.69) is 17.0 Å². The van der Waals surface area contributed by atoms with Crippen molar-refractivity contribution in [3.05, 3.63) is 0 Å². The normalized spacial score (nSPS) is 33.1. The zero-order valence-corrected chi connectivity index (χ0v) is 8.65. The quantitative estimate of drug-likeness (QED) is 0.533. The molecule has 0 aliphatic carbocycles. The summed E-state index contributed by atoms with van der Waals surface area (Å²) in [4.78, 5) is 2.51. The molecule has 0 amide bonds. The van der Waals surface area contributed by atoms with Gasteiger partial charge in [0.15, 0.2) is 0 Å².